The van der Waals surface area contributed by atoms with Crippen molar-refractivity contribution in [2.75, 3.05) is 24.7 Å². The maximum Gasteiger partial charge on any atom is 0.255 e. The molecule has 0 aliphatic rings. The van der Waals surface area contributed by atoms with Crippen LogP contribution in [0.2, 0.25) is 0 Å². The van der Waals surface area contributed by atoms with Crippen LogP contribution in [-0.2, 0) is 6.42 Å². The van der Waals surface area contributed by atoms with E-state index < -0.39 is 0 Å². The van der Waals surface area contributed by atoms with E-state index in [1.165, 1.54) is 5.56 Å². The second kappa shape index (κ2) is 12.1. The molecule has 0 saturated heterocycles. The molecule has 0 spiro atoms. The second-order valence-electron chi connectivity index (χ2n) is 10.4. The summed E-state index contributed by atoms with van der Waals surface area (Å²) in [5.74, 6) is 0.891. The van der Waals surface area contributed by atoms with Crippen molar-refractivity contribution in [3.05, 3.63) is 102 Å². The molecule has 1 unspecified atom stereocenters. The molecule has 2 N–H and O–H groups in total. The fourth-order valence-electron chi connectivity index (χ4n) is 4.32. The average Bonchev–Trinajstić information content (AvgIpc) is 3.41. The van der Waals surface area contributed by atoms with Crippen LogP contribution < -0.4 is 10.6 Å². The third-order valence-corrected chi connectivity index (χ3v) is 7.07. The Morgan fingerprint density at radius 2 is 1.73 bits per heavy atom. The Morgan fingerprint density at radius 3 is 2.46 bits per heavy atom. The van der Waals surface area contributed by atoms with Crippen LogP contribution in [0.1, 0.15) is 34.0 Å². The van der Waals surface area contributed by atoms with Gasteiger partial charge in [0.1, 0.15) is 0 Å². The fourth-order valence-corrected chi connectivity index (χ4v) is 4.32. The number of amides is 1. The number of aryl methyl sites for hydroxylation is 2. The summed E-state index contributed by atoms with van der Waals surface area (Å²) < 4.78 is 5.38. The third kappa shape index (κ3) is 6.64. The molecule has 1 atom stereocenters. The van der Waals surface area contributed by atoms with Gasteiger partial charge in [-0.05, 0) is 88.8 Å². The molecule has 0 aliphatic heterocycles. The van der Waals surface area contributed by atoms with E-state index in [-0.39, 0.29) is 5.91 Å². The molecule has 9 heteroatoms. The predicted octanol–water partition coefficient (Wildman–Crippen LogP) is 6.30. The number of aromatic nitrogens is 4. The normalized spacial score (nSPS) is 11.9. The van der Waals surface area contributed by atoms with Gasteiger partial charge in [0.15, 0.2) is 5.76 Å². The molecular formula is C32H33N7O2. The van der Waals surface area contributed by atoms with Crippen molar-refractivity contribution >= 4 is 23.2 Å². The molecule has 5 aromatic rings. The zero-order valence-electron chi connectivity index (χ0n) is 23.8. The van der Waals surface area contributed by atoms with Gasteiger partial charge in [0, 0.05) is 58.3 Å². The van der Waals surface area contributed by atoms with Gasteiger partial charge >= 0.3 is 0 Å². The molecule has 9 nitrogen and oxygen atoms in total. The lowest BCUT2D eigenvalue weighted by Crippen LogP contribution is -2.26. The van der Waals surface area contributed by atoms with Crippen LogP contribution in [0.25, 0.3) is 22.6 Å². The number of anilines is 3. The molecule has 0 aliphatic carbocycles. The van der Waals surface area contributed by atoms with Gasteiger partial charge < -0.3 is 20.1 Å². The smallest absolute Gasteiger partial charge is 0.255 e. The van der Waals surface area contributed by atoms with E-state index in [1.54, 1.807) is 24.8 Å². The zero-order chi connectivity index (χ0) is 28.9. The van der Waals surface area contributed by atoms with Crippen molar-refractivity contribution in [1.82, 2.24) is 25.0 Å². The molecule has 0 radical (unpaired) electrons. The lowest BCUT2D eigenvalue weighted by molar-refractivity contribution is 0.102. The summed E-state index contributed by atoms with van der Waals surface area (Å²) in [6, 6.07) is 17.7. The highest BCUT2D eigenvalue weighted by Crippen LogP contribution is 2.27. The van der Waals surface area contributed by atoms with Crippen LogP contribution >= 0.6 is 0 Å². The highest BCUT2D eigenvalue weighted by atomic mass is 16.5. The molecule has 3 aromatic heterocycles. The number of carbonyl (C=O) groups excluding carboxylic acids is 1. The topological polar surface area (TPSA) is 109 Å². The van der Waals surface area contributed by atoms with Gasteiger partial charge in [0.05, 0.1) is 11.9 Å². The van der Waals surface area contributed by atoms with Crippen LogP contribution in [-0.4, -0.2) is 51.1 Å². The van der Waals surface area contributed by atoms with E-state index >= 15 is 0 Å². The second-order valence-corrected chi connectivity index (χ2v) is 10.4. The molecule has 0 bridgehead atoms. The largest absolute Gasteiger partial charge is 0.356 e. The van der Waals surface area contributed by atoms with Crippen LogP contribution in [0.3, 0.4) is 0 Å². The first-order valence-electron chi connectivity index (χ1n) is 13.4. The van der Waals surface area contributed by atoms with Gasteiger partial charge in [-0.2, -0.15) is 0 Å². The monoisotopic (exact) mass is 547 g/mol. The Bertz CT molecular complexity index is 1660. The summed E-state index contributed by atoms with van der Waals surface area (Å²) in [7, 11) is 4.15. The maximum atomic E-state index is 13.1. The number of benzene rings is 2. The Morgan fingerprint density at radius 1 is 0.951 bits per heavy atom. The van der Waals surface area contributed by atoms with E-state index in [0.29, 0.717) is 29.0 Å². The Balaban J connectivity index is 1.30. The van der Waals surface area contributed by atoms with E-state index in [0.717, 1.165) is 40.0 Å². The van der Waals surface area contributed by atoms with Gasteiger partial charge in [-0.1, -0.05) is 23.4 Å². The molecule has 208 valence electrons. The molecule has 2 aromatic carbocycles. The van der Waals surface area contributed by atoms with Crippen molar-refractivity contribution in [2.24, 2.45) is 0 Å². The first kappa shape index (κ1) is 27.7. The minimum absolute atomic E-state index is 0.192. The van der Waals surface area contributed by atoms with E-state index in [9.17, 15) is 4.79 Å². The summed E-state index contributed by atoms with van der Waals surface area (Å²) in [4.78, 5) is 28.7. The van der Waals surface area contributed by atoms with E-state index in [4.69, 9.17) is 9.51 Å². The lowest BCUT2D eigenvalue weighted by atomic mass is 10.1. The summed E-state index contributed by atoms with van der Waals surface area (Å²) >= 11 is 0. The predicted molar refractivity (Wildman–Crippen MR) is 161 cm³/mol. The first-order chi connectivity index (χ1) is 19.8. The molecular weight excluding hydrogens is 514 g/mol. The number of hydrogen-bond donors (Lipinski definition) is 2. The average molecular weight is 548 g/mol. The van der Waals surface area contributed by atoms with Gasteiger partial charge in [-0.15, -0.1) is 0 Å². The summed E-state index contributed by atoms with van der Waals surface area (Å²) in [6.07, 6.45) is 7.78. The minimum Gasteiger partial charge on any atom is -0.356 e. The summed E-state index contributed by atoms with van der Waals surface area (Å²) in [5.41, 5.74) is 7.46. The lowest BCUT2D eigenvalue weighted by Gasteiger charge is -2.19. The number of rotatable bonds is 9. The molecule has 0 saturated carbocycles. The van der Waals surface area contributed by atoms with Crippen LogP contribution in [0.4, 0.5) is 17.3 Å². The fraction of sp³-hybridized carbons (Fsp3) is 0.219. The first-order valence-corrected chi connectivity index (χ1v) is 13.4. The number of pyridine rings is 1. The Kier molecular flexibility index (Phi) is 8.16. The van der Waals surface area contributed by atoms with Crippen LogP contribution in [0.15, 0.2) is 83.9 Å². The molecule has 1 amide bonds. The van der Waals surface area contributed by atoms with Crippen LogP contribution in [0.5, 0.6) is 0 Å². The van der Waals surface area contributed by atoms with Gasteiger partial charge in [0.25, 0.3) is 5.91 Å². The van der Waals surface area contributed by atoms with Gasteiger partial charge in [0.2, 0.25) is 5.95 Å². The van der Waals surface area contributed by atoms with Gasteiger partial charge in [-0.3, -0.25) is 9.78 Å². The number of likely N-dealkylation sites (N-methyl/N-ethyl adjacent to an activating group) is 1. The van der Waals surface area contributed by atoms with Crippen LogP contribution in [0, 0.1) is 13.8 Å². The minimum atomic E-state index is -0.192. The number of carbonyl (C=O) groups is 1. The van der Waals surface area contributed by atoms with Crippen molar-refractivity contribution in [3.63, 3.8) is 0 Å². The van der Waals surface area contributed by atoms with Crippen molar-refractivity contribution in [2.45, 2.75) is 33.2 Å². The third-order valence-electron chi connectivity index (χ3n) is 7.07. The molecule has 3 heterocycles. The summed E-state index contributed by atoms with van der Waals surface area (Å²) in [5, 5.41) is 10.1. The molecule has 0 fully saturated rings. The maximum absolute atomic E-state index is 13.1. The standard InChI is InChI=1S/C32H33N7O2/c1-20-6-9-24(31(40)36-27-10-7-23(8-11-27)14-22(3)39(4)5)16-29(20)38-32-34-13-12-28(37-32)25-15-26(19-33-18-25)30-21(2)17-35-41-30/h6-13,15-19,22H,14H2,1-5H3,(H,36,40)(H,34,37,38). The Labute approximate surface area is 239 Å². The highest BCUT2D eigenvalue weighted by Gasteiger charge is 2.13. The SMILES string of the molecule is Cc1ccc(C(=O)Nc2ccc(CC(C)N(C)C)cc2)cc1Nc1nccc(-c2cncc(-c3oncc3C)c2)n1. The quantitative estimate of drug-likeness (QED) is 0.221. The van der Waals surface area contributed by atoms with E-state index in [1.807, 2.05) is 56.3 Å². The molecule has 41 heavy (non-hydrogen) atoms. The number of nitrogens with zero attached hydrogens (tertiary/aromatic N) is 5. The van der Waals surface area contributed by atoms with Crippen molar-refractivity contribution in [1.29, 1.82) is 0 Å². The highest BCUT2D eigenvalue weighted by molar-refractivity contribution is 6.05. The molecule has 5 rings (SSSR count). The Hall–Kier alpha value is -4.89. The number of hydrogen-bond acceptors (Lipinski definition) is 8. The number of nitrogens with one attached hydrogen (secondary N) is 2. The van der Waals surface area contributed by atoms with Crippen molar-refractivity contribution in [3.8, 4) is 22.6 Å². The van der Waals surface area contributed by atoms with E-state index in [2.05, 4.69) is 63.8 Å². The zero-order valence-corrected chi connectivity index (χ0v) is 23.8. The van der Waals surface area contributed by atoms with Gasteiger partial charge in [-0.25, -0.2) is 9.97 Å². The summed E-state index contributed by atoms with van der Waals surface area (Å²) in [6.45, 7) is 6.09. The van der Waals surface area contributed by atoms with Crippen molar-refractivity contribution < 1.29 is 9.32 Å².